The number of pyridine rings is 1. The third-order valence-corrected chi connectivity index (χ3v) is 5.28. The normalized spacial score (nSPS) is 10.8. The summed E-state index contributed by atoms with van der Waals surface area (Å²) < 4.78 is 19.4. The van der Waals surface area contributed by atoms with Crippen molar-refractivity contribution in [1.82, 2.24) is 4.98 Å². The van der Waals surface area contributed by atoms with Crippen molar-refractivity contribution >= 4 is 17.2 Å². The van der Waals surface area contributed by atoms with Crippen LogP contribution < -0.4 is 4.74 Å². The summed E-state index contributed by atoms with van der Waals surface area (Å²) in [6, 6.07) is 31.5. The van der Waals surface area contributed by atoms with E-state index in [0.29, 0.717) is 22.2 Å². The number of halogens is 1. The molecule has 0 aliphatic carbocycles. The van der Waals surface area contributed by atoms with Gasteiger partial charge in [-0.15, -0.1) is 0 Å². The lowest BCUT2D eigenvalue weighted by Gasteiger charge is -2.09. The second-order valence-corrected chi connectivity index (χ2v) is 7.39. The molecule has 4 heteroatoms. The summed E-state index contributed by atoms with van der Waals surface area (Å²) in [6.45, 7) is 0. The molecule has 0 unspecified atom stereocenters. The molecule has 0 saturated heterocycles. The van der Waals surface area contributed by atoms with Crippen LogP contribution in [0.3, 0.4) is 0 Å². The molecule has 0 spiro atoms. The van der Waals surface area contributed by atoms with Gasteiger partial charge < -0.3 is 4.74 Å². The number of carbonyl (C=O) groups excluding carboxylic acids is 1. The molecule has 1 aromatic heterocycles. The second kappa shape index (κ2) is 8.44. The van der Waals surface area contributed by atoms with E-state index in [1.54, 1.807) is 12.1 Å². The first kappa shape index (κ1) is 19.6. The molecule has 3 nitrogen and oxygen atoms in total. The average Bonchev–Trinajstić information content (AvgIpc) is 2.85. The third kappa shape index (κ3) is 3.98. The van der Waals surface area contributed by atoms with Crippen molar-refractivity contribution in [3.8, 4) is 33.9 Å². The van der Waals surface area contributed by atoms with Gasteiger partial charge in [-0.3, -0.25) is 4.79 Å². The highest BCUT2D eigenvalue weighted by Crippen LogP contribution is 2.29. The lowest BCUT2D eigenvalue weighted by molar-refractivity contribution is 0.112. The molecular formula is C28H18FNO2. The summed E-state index contributed by atoms with van der Waals surface area (Å²) in [5.74, 6) is 1.18. The van der Waals surface area contributed by atoms with Gasteiger partial charge in [-0.2, -0.15) is 0 Å². The minimum atomic E-state index is -0.389. The summed E-state index contributed by atoms with van der Waals surface area (Å²) in [5.41, 5.74) is 4.68. The highest BCUT2D eigenvalue weighted by Gasteiger charge is 2.09. The molecular weight excluding hydrogens is 401 g/mol. The first-order valence-electron chi connectivity index (χ1n) is 10.2. The van der Waals surface area contributed by atoms with Crippen molar-refractivity contribution in [2.24, 2.45) is 0 Å². The molecule has 32 heavy (non-hydrogen) atoms. The van der Waals surface area contributed by atoms with Crippen LogP contribution >= 0.6 is 0 Å². The van der Waals surface area contributed by atoms with Gasteiger partial charge in [0.2, 0.25) is 0 Å². The van der Waals surface area contributed by atoms with Gasteiger partial charge in [-0.25, -0.2) is 9.37 Å². The van der Waals surface area contributed by atoms with Gasteiger partial charge in [0.15, 0.2) is 6.29 Å². The maximum atomic E-state index is 13.6. The number of aromatic nitrogens is 1. The van der Waals surface area contributed by atoms with Crippen molar-refractivity contribution in [3.05, 3.63) is 115 Å². The Morgan fingerprint density at radius 2 is 1.31 bits per heavy atom. The fourth-order valence-corrected chi connectivity index (χ4v) is 3.64. The lowest BCUT2D eigenvalue weighted by atomic mass is 10.0. The number of carbonyl (C=O) groups is 1. The summed E-state index contributed by atoms with van der Waals surface area (Å²) in [4.78, 5) is 16.1. The average molecular weight is 419 g/mol. The highest BCUT2D eigenvalue weighted by molar-refractivity contribution is 5.98. The van der Waals surface area contributed by atoms with Crippen LogP contribution in [0.25, 0.3) is 33.3 Å². The topological polar surface area (TPSA) is 39.2 Å². The second-order valence-electron chi connectivity index (χ2n) is 7.39. The van der Waals surface area contributed by atoms with Crippen LogP contribution in [0.2, 0.25) is 0 Å². The smallest absolute Gasteiger partial charge is 0.150 e. The Hall–Kier alpha value is -4.31. The molecule has 0 atom stereocenters. The van der Waals surface area contributed by atoms with Crippen molar-refractivity contribution in [2.75, 3.05) is 0 Å². The van der Waals surface area contributed by atoms with Crippen molar-refractivity contribution in [2.45, 2.75) is 0 Å². The number of fused-ring (bicyclic) bond motifs is 1. The van der Waals surface area contributed by atoms with Crippen LogP contribution in [0.1, 0.15) is 10.4 Å². The van der Waals surface area contributed by atoms with Gasteiger partial charge in [-0.05, 0) is 59.7 Å². The Labute approximate surface area is 184 Å². The zero-order valence-electron chi connectivity index (χ0n) is 17.0. The van der Waals surface area contributed by atoms with E-state index in [-0.39, 0.29) is 5.82 Å². The molecule has 1 heterocycles. The van der Waals surface area contributed by atoms with Crippen molar-refractivity contribution in [1.29, 1.82) is 0 Å². The molecule has 0 amide bonds. The summed E-state index contributed by atoms with van der Waals surface area (Å²) in [7, 11) is 0. The van der Waals surface area contributed by atoms with Crippen LogP contribution in [0.4, 0.5) is 4.39 Å². The maximum absolute atomic E-state index is 13.6. The minimum absolute atomic E-state index is 0.389. The number of rotatable bonds is 5. The standard InChI is InChI=1S/C28H18FNO2/c29-23-12-15-27-26(17-23)22(18-31)16-28(30-27)21-8-6-19(7-9-21)20-10-13-25(14-11-20)32-24-4-2-1-3-5-24/h1-18H. The van der Waals surface area contributed by atoms with Crippen molar-refractivity contribution in [3.63, 3.8) is 0 Å². The first-order valence-corrected chi connectivity index (χ1v) is 10.2. The van der Waals surface area contributed by atoms with Crippen LogP contribution in [0, 0.1) is 5.82 Å². The lowest BCUT2D eigenvalue weighted by Crippen LogP contribution is -1.92. The van der Waals surface area contributed by atoms with Crippen LogP contribution in [-0.4, -0.2) is 11.3 Å². The first-order chi connectivity index (χ1) is 15.7. The van der Waals surface area contributed by atoms with Gasteiger partial charge in [-0.1, -0.05) is 54.6 Å². The Kier molecular flexibility index (Phi) is 5.18. The number of ether oxygens (including phenoxy) is 1. The summed E-state index contributed by atoms with van der Waals surface area (Å²) in [6.07, 6.45) is 0.737. The molecule has 154 valence electrons. The number of hydrogen-bond acceptors (Lipinski definition) is 3. The van der Waals surface area contributed by atoms with Crippen LogP contribution in [0.15, 0.2) is 103 Å². The largest absolute Gasteiger partial charge is 0.457 e. The molecule has 0 aliphatic rings. The van der Waals surface area contributed by atoms with E-state index in [2.05, 4.69) is 4.98 Å². The van der Waals surface area contributed by atoms with E-state index in [1.807, 2.05) is 78.9 Å². The minimum Gasteiger partial charge on any atom is -0.457 e. The Morgan fingerprint density at radius 1 is 0.688 bits per heavy atom. The van der Waals surface area contributed by atoms with Crippen molar-refractivity contribution < 1.29 is 13.9 Å². The number of hydrogen-bond donors (Lipinski definition) is 0. The molecule has 0 aliphatic heterocycles. The zero-order chi connectivity index (χ0) is 21.9. The van der Waals surface area contributed by atoms with E-state index in [1.165, 1.54) is 12.1 Å². The predicted octanol–water partition coefficient (Wildman–Crippen LogP) is 7.31. The van der Waals surface area contributed by atoms with Gasteiger partial charge in [0, 0.05) is 16.5 Å². The molecule has 5 rings (SSSR count). The molecule has 0 saturated carbocycles. The monoisotopic (exact) mass is 419 g/mol. The maximum Gasteiger partial charge on any atom is 0.150 e. The van der Waals surface area contributed by atoms with Gasteiger partial charge in [0.05, 0.1) is 11.2 Å². The van der Waals surface area contributed by atoms with Crippen LogP contribution in [-0.2, 0) is 0 Å². The number of nitrogens with zero attached hydrogens (tertiary/aromatic N) is 1. The molecule has 4 aromatic carbocycles. The molecule has 0 N–H and O–H groups in total. The molecule has 0 radical (unpaired) electrons. The quantitative estimate of drug-likeness (QED) is 0.280. The zero-order valence-corrected chi connectivity index (χ0v) is 17.0. The summed E-state index contributed by atoms with van der Waals surface area (Å²) in [5, 5.41) is 0.512. The third-order valence-electron chi connectivity index (χ3n) is 5.28. The Morgan fingerprint density at radius 3 is 2.00 bits per heavy atom. The molecule has 5 aromatic rings. The van der Waals surface area contributed by atoms with E-state index >= 15 is 0 Å². The fourth-order valence-electron chi connectivity index (χ4n) is 3.64. The van der Waals surface area contributed by atoms with Gasteiger partial charge in [0.25, 0.3) is 0 Å². The predicted molar refractivity (Wildman–Crippen MR) is 124 cm³/mol. The number of benzene rings is 4. The molecule has 0 fully saturated rings. The summed E-state index contributed by atoms with van der Waals surface area (Å²) >= 11 is 0. The van der Waals surface area contributed by atoms with Gasteiger partial charge >= 0.3 is 0 Å². The SMILES string of the molecule is O=Cc1cc(-c2ccc(-c3ccc(Oc4ccccc4)cc3)cc2)nc2ccc(F)cc12. The fraction of sp³-hybridized carbons (Fsp3) is 0. The Bertz CT molecular complexity index is 1400. The Balaban J connectivity index is 1.41. The number of para-hydroxylation sites is 1. The molecule has 0 bridgehead atoms. The highest BCUT2D eigenvalue weighted by atomic mass is 19.1. The van der Waals surface area contributed by atoms with Crippen LogP contribution in [0.5, 0.6) is 11.5 Å². The van der Waals surface area contributed by atoms with Gasteiger partial charge in [0.1, 0.15) is 17.3 Å². The number of aldehydes is 1. The van der Waals surface area contributed by atoms with E-state index in [0.717, 1.165) is 34.5 Å². The van der Waals surface area contributed by atoms with E-state index in [4.69, 9.17) is 4.74 Å². The van der Waals surface area contributed by atoms with E-state index in [9.17, 15) is 9.18 Å². The van der Waals surface area contributed by atoms with E-state index < -0.39 is 0 Å².